The molecule has 5 nitrogen and oxygen atoms in total. The van der Waals surface area contributed by atoms with E-state index in [2.05, 4.69) is 5.32 Å². The van der Waals surface area contributed by atoms with Gasteiger partial charge in [0.25, 0.3) is 0 Å². The maximum atomic E-state index is 12.8. The van der Waals surface area contributed by atoms with Gasteiger partial charge in [-0.05, 0) is 30.5 Å². The summed E-state index contributed by atoms with van der Waals surface area (Å²) in [5.41, 5.74) is -1.20. The fraction of sp³-hybridized carbons (Fsp3) is 0.647. The standard InChI is InChI=1S/C17H24F3NO4/c18-17(19,20)13-3-1-2-12(8-13)14(10-22)21-9-15(24)16(11-23)4-6-25-7-5-16/h1-3,8,14-15,21-24H,4-7,9-11H2. The van der Waals surface area contributed by atoms with Gasteiger partial charge in [-0.2, -0.15) is 13.2 Å². The van der Waals surface area contributed by atoms with Gasteiger partial charge in [-0.1, -0.05) is 12.1 Å². The van der Waals surface area contributed by atoms with Crippen molar-refractivity contribution in [1.82, 2.24) is 5.32 Å². The molecule has 0 radical (unpaired) electrons. The number of benzene rings is 1. The summed E-state index contributed by atoms with van der Waals surface area (Å²) in [6.07, 6.45) is -4.36. The topological polar surface area (TPSA) is 82.0 Å². The Bertz CT molecular complexity index is 547. The Morgan fingerprint density at radius 3 is 2.44 bits per heavy atom. The van der Waals surface area contributed by atoms with Crippen molar-refractivity contribution in [3.63, 3.8) is 0 Å². The molecule has 2 atom stereocenters. The van der Waals surface area contributed by atoms with E-state index in [0.29, 0.717) is 26.1 Å². The maximum Gasteiger partial charge on any atom is 0.416 e. The van der Waals surface area contributed by atoms with E-state index >= 15 is 0 Å². The third kappa shape index (κ3) is 4.92. The summed E-state index contributed by atoms with van der Waals surface area (Å²) in [4.78, 5) is 0. The molecule has 2 unspecified atom stereocenters. The second-order valence-corrected chi connectivity index (χ2v) is 6.42. The molecule has 142 valence electrons. The van der Waals surface area contributed by atoms with Crippen LogP contribution in [-0.4, -0.2) is 54.4 Å². The van der Waals surface area contributed by atoms with Crippen molar-refractivity contribution in [3.8, 4) is 0 Å². The van der Waals surface area contributed by atoms with Crippen molar-refractivity contribution in [1.29, 1.82) is 0 Å². The molecule has 0 bridgehead atoms. The predicted molar refractivity (Wildman–Crippen MR) is 84.9 cm³/mol. The zero-order valence-corrected chi connectivity index (χ0v) is 13.8. The van der Waals surface area contributed by atoms with Crippen molar-refractivity contribution in [3.05, 3.63) is 35.4 Å². The summed E-state index contributed by atoms with van der Waals surface area (Å²) in [6, 6.07) is 3.98. The van der Waals surface area contributed by atoms with E-state index < -0.39 is 35.9 Å². The van der Waals surface area contributed by atoms with Crippen molar-refractivity contribution in [2.75, 3.05) is 33.0 Å². The molecule has 8 heteroatoms. The van der Waals surface area contributed by atoms with Gasteiger partial charge in [0, 0.05) is 25.2 Å². The lowest BCUT2D eigenvalue weighted by Gasteiger charge is -2.40. The first kappa shape index (κ1) is 20.1. The highest BCUT2D eigenvalue weighted by Crippen LogP contribution is 2.34. The smallest absolute Gasteiger partial charge is 0.396 e. The van der Waals surface area contributed by atoms with Crippen LogP contribution in [0.15, 0.2) is 24.3 Å². The van der Waals surface area contributed by atoms with E-state index in [1.807, 2.05) is 0 Å². The van der Waals surface area contributed by atoms with Crippen LogP contribution in [0.4, 0.5) is 13.2 Å². The van der Waals surface area contributed by atoms with E-state index in [1.165, 1.54) is 12.1 Å². The first-order valence-electron chi connectivity index (χ1n) is 8.20. The monoisotopic (exact) mass is 363 g/mol. The quantitative estimate of drug-likeness (QED) is 0.590. The minimum Gasteiger partial charge on any atom is -0.396 e. The Kier molecular flexibility index (Phi) is 6.81. The maximum absolute atomic E-state index is 12.8. The fourth-order valence-electron chi connectivity index (χ4n) is 3.06. The first-order valence-corrected chi connectivity index (χ1v) is 8.20. The highest BCUT2D eigenvalue weighted by atomic mass is 19.4. The number of alkyl halides is 3. The summed E-state index contributed by atoms with van der Waals surface area (Å²) in [5, 5.41) is 32.5. The van der Waals surface area contributed by atoms with Crippen LogP contribution in [0.1, 0.15) is 30.0 Å². The highest BCUT2D eigenvalue weighted by Gasteiger charge is 2.39. The van der Waals surface area contributed by atoms with Crippen LogP contribution in [-0.2, 0) is 10.9 Å². The molecule has 1 saturated heterocycles. The average Bonchev–Trinajstić information content (AvgIpc) is 2.62. The van der Waals surface area contributed by atoms with Gasteiger partial charge in [0.05, 0.1) is 30.9 Å². The summed E-state index contributed by atoms with van der Waals surface area (Å²) < 4.78 is 43.7. The van der Waals surface area contributed by atoms with Crippen LogP contribution in [0.3, 0.4) is 0 Å². The molecule has 0 amide bonds. The molecule has 0 aromatic heterocycles. The number of hydrogen-bond acceptors (Lipinski definition) is 5. The number of hydrogen-bond donors (Lipinski definition) is 4. The van der Waals surface area contributed by atoms with Crippen molar-refractivity contribution < 1.29 is 33.2 Å². The number of nitrogens with one attached hydrogen (secondary N) is 1. The van der Waals surface area contributed by atoms with E-state index in [4.69, 9.17) is 4.74 Å². The van der Waals surface area contributed by atoms with Crippen LogP contribution in [0.2, 0.25) is 0 Å². The second kappa shape index (κ2) is 8.46. The van der Waals surface area contributed by atoms with Crippen molar-refractivity contribution in [2.45, 2.75) is 31.2 Å². The number of ether oxygens (including phenoxy) is 1. The Hall–Kier alpha value is -1.19. The van der Waals surface area contributed by atoms with Crippen LogP contribution in [0, 0.1) is 5.41 Å². The average molecular weight is 363 g/mol. The number of rotatable bonds is 7. The minimum atomic E-state index is -4.46. The third-order valence-corrected chi connectivity index (χ3v) is 4.87. The summed E-state index contributed by atoms with van der Waals surface area (Å²) in [6.45, 7) is 0.307. The van der Waals surface area contributed by atoms with Gasteiger partial charge >= 0.3 is 6.18 Å². The zero-order valence-electron chi connectivity index (χ0n) is 13.8. The van der Waals surface area contributed by atoms with E-state index in [-0.39, 0.29) is 18.7 Å². The number of aliphatic hydroxyl groups is 3. The molecular formula is C17H24F3NO4. The summed E-state index contributed by atoms with van der Waals surface area (Å²) in [7, 11) is 0. The summed E-state index contributed by atoms with van der Waals surface area (Å²) in [5.74, 6) is 0. The zero-order chi connectivity index (χ0) is 18.5. The predicted octanol–water partition coefficient (Wildman–Crippen LogP) is 1.48. The van der Waals surface area contributed by atoms with Crippen LogP contribution < -0.4 is 5.32 Å². The molecule has 1 aromatic carbocycles. The van der Waals surface area contributed by atoms with Gasteiger partial charge in [-0.15, -0.1) is 0 Å². The third-order valence-electron chi connectivity index (χ3n) is 4.87. The van der Waals surface area contributed by atoms with E-state index in [9.17, 15) is 28.5 Å². The van der Waals surface area contributed by atoms with Gasteiger partial charge < -0.3 is 25.4 Å². The Labute approximate surface area is 144 Å². The van der Waals surface area contributed by atoms with E-state index in [0.717, 1.165) is 12.1 Å². The molecule has 1 aliphatic rings. The molecule has 25 heavy (non-hydrogen) atoms. The molecule has 0 spiro atoms. The van der Waals surface area contributed by atoms with Crippen LogP contribution in [0.25, 0.3) is 0 Å². The minimum absolute atomic E-state index is 0.0437. The Balaban J connectivity index is 2.04. The molecule has 1 aliphatic heterocycles. The van der Waals surface area contributed by atoms with Crippen molar-refractivity contribution in [2.24, 2.45) is 5.41 Å². The molecule has 1 fully saturated rings. The molecule has 0 aliphatic carbocycles. The largest absolute Gasteiger partial charge is 0.416 e. The first-order chi connectivity index (χ1) is 11.8. The fourth-order valence-corrected chi connectivity index (χ4v) is 3.06. The second-order valence-electron chi connectivity index (χ2n) is 6.42. The van der Waals surface area contributed by atoms with Gasteiger partial charge in [-0.3, -0.25) is 0 Å². The van der Waals surface area contributed by atoms with Gasteiger partial charge in [0.2, 0.25) is 0 Å². The van der Waals surface area contributed by atoms with Crippen LogP contribution in [0.5, 0.6) is 0 Å². The van der Waals surface area contributed by atoms with E-state index in [1.54, 1.807) is 0 Å². The van der Waals surface area contributed by atoms with Gasteiger partial charge in [0.1, 0.15) is 0 Å². The molecule has 4 N–H and O–H groups in total. The highest BCUT2D eigenvalue weighted by molar-refractivity contribution is 5.28. The lowest BCUT2D eigenvalue weighted by molar-refractivity contribution is -0.137. The number of halogens is 3. The Morgan fingerprint density at radius 1 is 1.20 bits per heavy atom. The molecule has 2 rings (SSSR count). The lowest BCUT2D eigenvalue weighted by atomic mass is 9.76. The Morgan fingerprint density at radius 2 is 1.88 bits per heavy atom. The molecule has 0 saturated carbocycles. The van der Waals surface area contributed by atoms with Crippen LogP contribution >= 0.6 is 0 Å². The SMILES string of the molecule is OCC(NCC(O)C1(CO)CCOCC1)c1cccc(C(F)(F)F)c1. The van der Waals surface area contributed by atoms with Crippen molar-refractivity contribution >= 4 is 0 Å². The molecular weight excluding hydrogens is 339 g/mol. The van der Waals surface area contributed by atoms with Gasteiger partial charge in [0.15, 0.2) is 0 Å². The summed E-state index contributed by atoms with van der Waals surface area (Å²) >= 11 is 0. The molecule has 1 heterocycles. The molecule has 1 aromatic rings. The normalized spacial score (nSPS) is 20.2. The lowest BCUT2D eigenvalue weighted by Crippen LogP contribution is -2.48. The number of aliphatic hydroxyl groups excluding tert-OH is 3. The van der Waals surface area contributed by atoms with Gasteiger partial charge in [-0.25, -0.2) is 0 Å².